The first-order valence-electron chi connectivity index (χ1n) is 8.38. The van der Waals surface area contributed by atoms with E-state index in [0.717, 1.165) is 37.4 Å². The highest BCUT2D eigenvalue weighted by Gasteiger charge is 2.25. The number of pyridine rings is 1. The zero-order valence-electron chi connectivity index (χ0n) is 14.0. The summed E-state index contributed by atoms with van der Waals surface area (Å²) >= 11 is 0. The van der Waals surface area contributed by atoms with Crippen LogP contribution in [0.5, 0.6) is 0 Å². The minimum atomic E-state index is -0.491. The number of nitrogens with zero attached hydrogens (tertiary/aromatic N) is 4. The number of carbonyl (C=O) groups excluding carboxylic acids is 2. The Hall–Kier alpha value is -2.74. The SMILES string of the molecule is C=CCNC(=O)NC(=O)CN1CCC(c2nnc3ccccn23)CC1. The van der Waals surface area contributed by atoms with E-state index in [9.17, 15) is 9.59 Å². The molecule has 1 aliphatic heterocycles. The summed E-state index contributed by atoms with van der Waals surface area (Å²) in [5, 5.41) is 13.4. The number of aromatic nitrogens is 3. The Morgan fingerprint density at radius 3 is 2.84 bits per heavy atom. The van der Waals surface area contributed by atoms with Crippen molar-refractivity contribution in [2.24, 2.45) is 0 Å². The second-order valence-corrected chi connectivity index (χ2v) is 6.08. The average molecular weight is 342 g/mol. The fourth-order valence-electron chi connectivity index (χ4n) is 3.07. The Kier molecular flexibility index (Phi) is 5.39. The molecule has 132 valence electrons. The smallest absolute Gasteiger partial charge is 0.321 e. The van der Waals surface area contributed by atoms with Gasteiger partial charge in [0.25, 0.3) is 0 Å². The van der Waals surface area contributed by atoms with Gasteiger partial charge in [0.2, 0.25) is 5.91 Å². The number of imide groups is 1. The predicted octanol–water partition coefficient (Wildman–Crippen LogP) is 0.920. The highest BCUT2D eigenvalue weighted by Crippen LogP contribution is 2.26. The third-order valence-corrected chi connectivity index (χ3v) is 4.32. The summed E-state index contributed by atoms with van der Waals surface area (Å²) in [7, 11) is 0. The quantitative estimate of drug-likeness (QED) is 0.789. The zero-order chi connectivity index (χ0) is 17.6. The molecule has 0 atom stereocenters. The molecule has 1 aliphatic rings. The average Bonchev–Trinajstić information content (AvgIpc) is 3.04. The Labute approximate surface area is 145 Å². The summed E-state index contributed by atoms with van der Waals surface area (Å²) < 4.78 is 2.02. The summed E-state index contributed by atoms with van der Waals surface area (Å²) in [4.78, 5) is 25.4. The van der Waals surface area contributed by atoms with Gasteiger partial charge in [-0.1, -0.05) is 12.1 Å². The van der Waals surface area contributed by atoms with Gasteiger partial charge in [-0.15, -0.1) is 16.8 Å². The van der Waals surface area contributed by atoms with E-state index in [1.807, 2.05) is 28.8 Å². The number of nitrogens with one attached hydrogen (secondary N) is 2. The maximum Gasteiger partial charge on any atom is 0.321 e. The fraction of sp³-hybridized carbons (Fsp3) is 0.412. The van der Waals surface area contributed by atoms with Crippen LogP contribution in [0.3, 0.4) is 0 Å². The molecular formula is C17H22N6O2. The number of hydrogen-bond acceptors (Lipinski definition) is 5. The topological polar surface area (TPSA) is 91.6 Å². The van der Waals surface area contributed by atoms with Gasteiger partial charge in [-0.3, -0.25) is 19.4 Å². The predicted molar refractivity (Wildman–Crippen MR) is 93.1 cm³/mol. The molecule has 3 rings (SSSR count). The van der Waals surface area contributed by atoms with Gasteiger partial charge in [0, 0.05) is 18.7 Å². The van der Waals surface area contributed by atoms with Crippen LogP contribution in [0, 0.1) is 0 Å². The molecule has 2 aromatic heterocycles. The van der Waals surface area contributed by atoms with Crippen molar-refractivity contribution >= 4 is 17.6 Å². The zero-order valence-corrected chi connectivity index (χ0v) is 14.0. The first-order valence-corrected chi connectivity index (χ1v) is 8.38. The minimum absolute atomic E-state index is 0.217. The maximum atomic E-state index is 11.9. The van der Waals surface area contributed by atoms with E-state index in [4.69, 9.17) is 0 Å². The van der Waals surface area contributed by atoms with Gasteiger partial charge < -0.3 is 5.32 Å². The number of likely N-dealkylation sites (tertiary alicyclic amines) is 1. The molecule has 0 spiro atoms. The van der Waals surface area contributed by atoms with E-state index in [1.165, 1.54) is 0 Å². The van der Waals surface area contributed by atoms with E-state index in [1.54, 1.807) is 6.08 Å². The Balaban J connectivity index is 1.49. The lowest BCUT2D eigenvalue weighted by Crippen LogP contribution is -2.46. The van der Waals surface area contributed by atoms with E-state index < -0.39 is 6.03 Å². The number of fused-ring (bicyclic) bond motifs is 1. The van der Waals surface area contributed by atoms with Crippen LogP contribution < -0.4 is 10.6 Å². The molecule has 0 saturated carbocycles. The van der Waals surface area contributed by atoms with Crippen LogP contribution in [-0.4, -0.2) is 57.6 Å². The normalized spacial score (nSPS) is 15.8. The molecule has 3 heterocycles. The standard InChI is InChI=1S/C17H22N6O2/c1-2-8-18-17(25)19-15(24)12-22-10-6-13(7-11-22)16-21-20-14-5-3-4-9-23(14)16/h2-5,9,13H,1,6-8,10-12H2,(H2,18,19,24,25). The van der Waals surface area contributed by atoms with Crippen molar-refractivity contribution in [1.82, 2.24) is 30.1 Å². The Morgan fingerprint density at radius 2 is 2.08 bits per heavy atom. The lowest BCUT2D eigenvalue weighted by molar-refractivity contribution is -0.121. The molecule has 0 radical (unpaired) electrons. The molecule has 1 fully saturated rings. The van der Waals surface area contributed by atoms with Crippen LogP contribution >= 0.6 is 0 Å². The van der Waals surface area contributed by atoms with Crippen molar-refractivity contribution in [3.8, 4) is 0 Å². The van der Waals surface area contributed by atoms with Crippen molar-refractivity contribution < 1.29 is 9.59 Å². The molecule has 8 heteroatoms. The third kappa shape index (κ3) is 4.21. The van der Waals surface area contributed by atoms with Crippen molar-refractivity contribution in [2.75, 3.05) is 26.2 Å². The largest absolute Gasteiger partial charge is 0.334 e. The number of piperidine rings is 1. The van der Waals surface area contributed by atoms with E-state index in [-0.39, 0.29) is 12.5 Å². The van der Waals surface area contributed by atoms with E-state index in [0.29, 0.717) is 12.5 Å². The summed E-state index contributed by atoms with van der Waals surface area (Å²) in [6.07, 6.45) is 5.35. The van der Waals surface area contributed by atoms with E-state index in [2.05, 4.69) is 32.3 Å². The molecule has 2 N–H and O–H groups in total. The molecule has 0 unspecified atom stereocenters. The number of amides is 3. The van der Waals surface area contributed by atoms with Crippen LogP contribution in [0.15, 0.2) is 37.1 Å². The summed E-state index contributed by atoms with van der Waals surface area (Å²) in [5.41, 5.74) is 0.852. The van der Waals surface area contributed by atoms with Gasteiger partial charge in [0.15, 0.2) is 5.65 Å². The van der Waals surface area contributed by atoms with Crippen molar-refractivity contribution in [2.45, 2.75) is 18.8 Å². The first-order chi connectivity index (χ1) is 12.2. The Bertz CT molecular complexity index is 763. The second-order valence-electron chi connectivity index (χ2n) is 6.08. The van der Waals surface area contributed by atoms with Crippen LogP contribution in [0.1, 0.15) is 24.6 Å². The van der Waals surface area contributed by atoms with Crippen molar-refractivity contribution in [3.05, 3.63) is 42.9 Å². The molecule has 2 aromatic rings. The number of rotatable bonds is 5. The van der Waals surface area contributed by atoms with Crippen molar-refractivity contribution in [1.29, 1.82) is 0 Å². The maximum absolute atomic E-state index is 11.9. The number of carbonyl (C=O) groups is 2. The molecule has 0 bridgehead atoms. The van der Waals surface area contributed by atoms with Gasteiger partial charge in [0.05, 0.1) is 6.54 Å². The molecule has 25 heavy (non-hydrogen) atoms. The Morgan fingerprint density at radius 1 is 1.28 bits per heavy atom. The van der Waals surface area contributed by atoms with Crippen LogP contribution in [0.2, 0.25) is 0 Å². The van der Waals surface area contributed by atoms with Gasteiger partial charge in [-0.2, -0.15) is 0 Å². The first kappa shape index (κ1) is 17.1. The number of hydrogen-bond donors (Lipinski definition) is 2. The lowest BCUT2D eigenvalue weighted by atomic mass is 9.96. The second kappa shape index (κ2) is 7.89. The minimum Gasteiger partial charge on any atom is -0.334 e. The summed E-state index contributed by atoms with van der Waals surface area (Å²) in [5.74, 6) is 1.00. The van der Waals surface area contributed by atoms with Gasteiger partial charge in [-0.05, 0) is 38.1 Å². The monoisotopic (exact) mass is 342 g/mol. The third-order valence-electron chi connectivity index (χ3n) is 4.32. The fourth-order valence-corrected chi connectivity index (χ4v) is 3.07. The lowest BCUT2D eigenvalue weighted by Gasteiger charge is -2.30. The van der Waals surface area contributed by atoms with Gasteiger partial charge in [-0.25, -0.2) is 4.79 Å². The van der Waals surface area contributed by atoms with E-state index >= 15 is 0 Å². The highest BCUT2D eigenvalue weighted by molar-refractivity contribution is 5.95. The molecule has 8 nitrogen and oxygen atoms in total. The molecule has 3 amide bonds. The van der Waals surface area contributed by atoms with Crippen LogP contribution in [-0.2, 0) is 4.79 Å². The van der Waals surface area contributed by atoms with Crippen LogP contribution in [0.25, 0.3) is 5.65 Å². The number of urea groups is 1. The molecule has 0 aromatic carbocycles. The molecule has 0 aliphatic carbocycles. The molecule has 1 saturated heterocycles. The summed E-state index contributed by atoms with van der Waals surface area (Å²) in [6, 6.07) is 5.36. The molecular weight excluding hydrogens is 320 g/mol. The summed E-state index contributed by atoms with van der Waals surface area (Å²) in [6.45, 7) is 5.62. The van der Waals surface area contributed by atoms with Crippen LogP contribution in [0.4, 0.5) is 4.79 Å². The van der Waals surface area contributed by atoms with Gasteiger partial charge in [0.1, 0.15) is 5.82 Å². The van der Waals surface area contributed by atoms with Crippen molar-refractivity contribution in [3.63, 3.8) is 0 Å². The highest BCUT2D eigenvalue weighted by atomic mass is 16.2. The van der Waals surface area contributed by atoms with Gasteiger partial charge >= 0.3 is 6.03 Å².